The summed E-state index contributed by atoms with van der Waals surface area (Å²) in [7, 11) is 0. The summed E-state index contributed by atoms with van der Waals surface area (Å²) in [5, 5.41) is 7.34. The van der Waals surface area contributed by atoms with Gasteiger partial charge >= 0.3 is 0 Å². The molecule has 0 radical (unpaired) electrons. The van der Waals surface area contributed by atoms with Gasteiger partial charge in [-0.25, -0.2) is 0 Å². The van der Waals surface area contributed by atoms with Gasteiger partial charge in [-0.2, -0.15) is 5.10 Å². The SMILES string of the molecule is O=C(NCc1cnn(Cc2ccccc2)c1)c1ccc([C@H]2CCCO2)s1. The van der Waals surface area contributed by atoms with Crippen LogP contribution in [0.1, 0.15) is 44.6 Å². The molecule has 1 atom stereocenters. The molecule has 3 aromatic rings. The number of thiophene rings is 1. The first-order chi connectivity index (χ1) is 12.8. The number of rotatable bonds is 6. The van der Waals surface area contributed by atoms with E-state index in [1.165, 1.54) is 16.9 Å². The maximum absolute atomic E-state index is 12.4. The predicted molar refractivity (Wildman–Crippen MR) is 101 cm³/mol. The van der Waals surface area contributed by atoms with Crippen molar-refractivity contribution in [3.05, 3.63) is 75.7 Å². The lowest BCUT2D eigenvalue weighted by Crippen LogP contribution is -2.21. The third kappa shape index (κ3) is 4.03. The summed E-state index contributed by atoms with van der Waals surface area (Å²) in [6.45, 7) is 2.02. The first-order valence-electron chi connectivity index (χ1n) is 8.83. The third-order valence-electron chi connectivity index (χ3n) is 4.42. The smallest absolute Gasteiger partial charge is 0.261 e. The molecule has 1 N–H and O–H groups in total. The van der Waals surface area contributed by atoms with Crippen LogP contribution in [0.2, 0.25) is 0 Å². The summed E-state index contributed by atoms with van der Waals surface area (Å²) in [4.78, 5) is 14.2. The second-order valence-corrected chi connectivity index (χ2v) is 7.53. The van der Waals surface area contributed by atoms with Gasteiger partial charge in [0.1, 0.15) is 0 Å². The number of hydrogen-bond acceptors (Lipinski definition) is 4. The van der Waals surface area contributed by atoms with Gasteiger partial charge in [0.25, 0.3) is 5.91 Å². The number of ether oxygens (including phenoxy) is 1. The number of hydrogen-bond donors (Lipinski definition) is 1. The van der Waals surface area contributed by atoms with Gasteiger partial charge in [-0.15, -0.1) is 11.3 Å². The van der Waals surface area contributed by atoms with Gasteiger partial charge in [-0.05, 0) is 30.5 Å². The lowest BCUT2D eigenvalue weighted by molar-refractivity contribution is 0.0955. The van der Waals surface area contributed by atoms with E-state index in [0.717, 1.165) is 41.3 Å². The lowest BCUT2D eigenvalue weighted by atomic mass is 10.2. The van der Waals surface area contributed by atoms with E-state index >= 15 is 0 Å². The Morgan fingerprint density at radius 2 is 2.12 bits per heavy atom. The molecule has 4 rings (SSSR count). The van der Waals surface area contributed by atoms with E-state index in [0.29, 0.717) is 6.54 Å². The zero-order valence-corrected chi connectivity index (χ0v) is 15.2. The molecule has 0 spiro atoms. The van der Waals surface area contributed by atoms with Crippen molar-refractivity contribution in [1.82, 2.24) is 15.1 Å². The summed E-state index contributed by atoms with van der Waals surface area (Å²) in [6.07, 6.45) is 6.08. The van der Waals surface area contributed by atoms with Crippen LogP contribution < -0.4 is 5.32 Å². The van der Waals surface area contributed by atoms with Gasteiger partial charge in [0.05, 0.1) is 23.7 Å². The molecule has 5 nitrogen and oxygen atoms in total. The quantitative estimate of drug-likeness (QED) is 0.721. The first kappa shape index (κ1) is 17.0. The number of benzene rings is 1. The monoisotopic (exact) mass is 367 g/mol. The number of amides is 1. The molecule has 1 aromatic carbocycles. The minimum absolute atomic E-state index is 0.0462. The van der Waals surface area contributed by atoms with Gasteiger partial charge in [0, 0.05) is 29.8 Å². The van der Waals surface area contributed by atoms with E-state index in [1.54, 1.807) is 6.20 Å². The molecule has 1 saturated heterocycles. The molecule has 0 bridgehead atoms. The highest BCUT2D eigenvalue weighted by Gasteiger charge is 2.20. The Morgan fingerprint density at radius 3 is 2.92 bits per heavy atom. The molecule has 2 aromatic heterocycles. The number of carbonyl (C=O) groups excluding carboxylic acids is 1. The fourth-order valence-electron chi connectivity index (χ4n) is 3.07. The Labute approximate surface area is 156 Å². The summed E-state index contributed by atoms with van der Waals surface area (Å²) < 4.78 is 7.57. The molecule has 134 valence electrons. The fraction of sp³-hybridized carbons (Fsp3) is 0.300. The van der Waals surface area contributed by atoms with Crippen LogP contribution in [-0.2, 0) is 17.8 Å². The van der Waals surface area contributed by atoms with Gasteiger partial charge in [-0.3, -0.25) is 9.48 Å². The molecule has 1 aliphatic heterocycles. The largest absolute Gasteiger partial charge is 0.373 e. The normalized spacial score (nSPS) is 16.7. The van der Waals surface area contributed by atoms with Crippen molar-refractivity contribution < 1.29 is 9.53 Å². The molecule has 1 aliphatic rings. The Kier molecular flexibility index (Phi) is 5.13. The third-order valence-corrected chi connectivity index (χ3v) is 5.60. The van der Waals surface area contributed by atoms with Crippen LogP contribution in [0.5, 0.6) is 0 Å². The van der Waals surface area contributed by atoms with Crippen molar-refractivity contribution in [3.63, 3.8) is 0 Å². The Morgan fingerprint density at radius 1 is 1.23 bits per heavy atom. The van der Waals surface area contributed by atoms with Crippen LogP contribution in [0.15, 0.2) is 54.9 Å². The van der Waals surface area contributed by atoms with Gasteiger partial charge in [0.15, 0.2) is 0 Å². The minimum Gasteiger partial charge on any atom is -0.373 e. The molecule has 1 fully saturated rings. The van der Waals surface area contributed by atoms with Gasteiger partial charge < -0.3 is 10.1 Å². The number of carbonyl (C=O) groups is 1. The van der Waals surface area contributed by atoms with Crippen LogP contribution in [0.4, 0.5) is 0 Å². The zero-order valence-electron chi connectivity index (χ0n) is 14.4. The first-order valence-corrected chi connectivity index (χ1v) is 9.64. The van der Waals surface area contributed by atoms with E-state index < -0.39 is 0 Å². The zero-order chi connectivity index (χ0) is 17.8. The van der Waals surface area contributed by atoms with Gasteiger partial charge in [0.2, 0.25) is 0 Å². The summed E-state index contributed by atoms with van der Waals surface area (Å²) in [6, 6.07) is 14.1. The number of nitrogens with one attached hydrogen (secondary N) is 1. The maximum atomic E-state index is 12.4. The van der Waals surface area contributed by atoms with Crippen molar-refractivity contribution in [3.8, 4) is 0 Å². The Balaban J connectivity index is 1.32. The molecule has 6 heteroatoms. The van der Waals surface area contributed by atoms with E-state index in [1.807, 2.05) is 41.2 Å². The highest BCUT2D eigenvalue weighted by Crippen LogP contribution is 2.33. The summed E-state index contributed by atoms with van der Waals surface area (Å²) in [5.41, 5.74) is 2.19. The van der Waals surface area contributed by atoms with Crippen LogP contribution in [-0.4, -0.2) is 22.3 Å². The fourth-order valence-corrected chi connectivity index (χ4v) is 4.08. The average Bonchev–Trinajstić information content (AvgIpc) is 3.41. The van der Waals surface area contributed by atoms with Crippen molar-refractivity contribution in [2.24, 2.45) is 0 Å². The highest BCUT2D eigenvalue weighted by atomic mass is 32.1. The van der Waals surface area contributed by atoms with E-state index in [-0.39, 0.29) is 12.0 Å². The van der Waals surface area contributed by atoms with Crippen molar-refractivity contribution in [2.45, 2.75) is 32.0 Å². The van der Waals surface area contributed by atoms with Crippen LogP contribution in [0.3, 0.4) is 0 Å². The van der Waals surface area contributed by atoms with E-state index in [4.69, 9.17) is 4.74 Å². The maximum Gasteiger partial charge on any atom is 0.261 e. The second-order valence-electron chi connectivity index (χ2n) is 6.42. The molecule has 1 amide bonds. The Bertz CT molecular complexity index is 866. The number of aromatic nitrogens is 2. The second kappa shape index (κ2) is 7.85. The Hall–Kier alpha value is -2.44. The molecule has 0 unspecified atom stereocenters. The van der Waals surface area contributed by atoms with Crippen molar-refractivity contribution >= 4 is 17.2 Å². The molecular weight excluding hydrogens is 346 g/mol. The van der Waals surface area contributed by atoms with Crippen LogP contribution >= 0.6 is 11.3 Å². The standard InChI is InChI=1S/C20H21N3O2S/c24-20(19-9-8-18(26-19)17-7-4-10-25-17)21-11-16-12-22-23(14-16)13-15-5-2-1-3-6-15/h1-3,5-6,8-9,12,14,17H,4,7,10-11,13H2,(H,21,24)/t17-/m1/s1. The summed E-state index contributed by atoms with van der Waals surface area (Å²) >= 11 is 1.52. The topological polar surface area (TPSA) is 56.2 Å². The van der Waals surface area contributed by atoms with E-state index in [9.17, 15) is 4.79 Å². The van der Waals surface area contributed by atoms with Crippen molar-refractivity contribution in [2.75, 3.05) is 6.61 Å². The average molecular weight is 367 g/mol. The summed E-state index contributed by atoms with van der Waals surface area (Å²) in [5.74, 6) is -0.0462. The molecule has 3 heterocycles. The molecule has 26 heavy (non-hydrogen) atoms. The lowest BCUT2D eigenvalue weighted by Gasteiger charge is -2.05. The molecular formula is C20H21N3O2S. The molecule has 0 aliphatic carbocycles. The minimum atomic E-state index is -0.0462. The van der Waals surface area contributed by atoms with E-state index in [2.05, 4.69) is 22.5 Å². The number of nitrogens with zero attached hydrogens (tertiary/aromatic N) is 2. The molecule has 0 saturated carbocycles. The predicted octanol–water partition coefficient (Wildman–Crippen LogP) is 3.77. The van der Waals surface area contributed by atoms with Crippen LogP contribution in [0, 0.1) is 0 Å². The van der Waals surface area contributed by atoms with Gasteiger partial charge in [-0.1, -0.05) is 30.3 Å². The van der Waals surface area contributed by atoms with Crippen molar-refractivity contribution in [1.29, 1.82) is 0 Å². The van der Waals surface area contributed by atoms with Crippen LogP contribution in [0.25, 0.3) is 0 Å². The highest BCUT2D eigenvalue weighted by molar-refractivity contribution is 7.14.